The standard InChI is InChI=1S/C23H27N3O3/c1-4-22(29-3)26-14-15(12-21(26)27)23(28)24-16-10-11-20-18(13-16)17-8-6-7-9-19(17)25(20)5-2/h6-11,13,15,22H,4-5,12,14H2,1-3H3,(H,24,28). The SMILES string of the molecule is CCC(OC)N1CC(C(=O)Nc2ccc3c(c2)c2ccccc2n3CC)CC1=O. The van der Waals surface area contributed by atoms with Crippen molar-refractivity contribution in [1.29, 1.82) is 0 Å². The molecule has 0 aliphatic carbocycles. The van der Waals surface area contributed by atoms with Crippen LogP contribution in [0.15, 0.2) is 42.5 Å². The second kappa shape index (κ2) is 7.87. The summed E-state index contributed by atoms with van der Waals surface area (Å²) in [4.78, 5) is 26.8. The quantitative estimate of drug-likeness (QED) is 0.689. The summed E-state index contributed by atoms with van der Waals surface area (Å²) in [6, 6.07) is 14.3. The number of carbonyl (C=O) groups excluding carboxylic acids is 2. The van der Waals surface area contributed by atoms with Gasteiger partial charge < -0.3 is 19.5 Å². The molecule has 2 amide bonds. The number of nitrogens with zero attached hydrogens (tertiary/aromatic N) is 2. The van der Waals surface area contributed by atoms with Crippen LogP contribution in [0, 0.1) is 5.92 Å². The predicted octanol–water partition coefficient (Wildman–Crippen LogP) is 3.98. The minimum Gasteiger partial charge on any atom is -0.362 e. The Morgan fingerprint density at radius 3 is 2.66 bits per heavy atom. The zero-order valence-electron chi connectivity index (χ0n) is 17.1. The fraction of sp³-hybridized carbons (Fsp3) is 0.391. The van der Waals surface area contributed by atoms with Crippen LogP contribution in [0.2, 0.25) is 0 Å². The molecule has 3 aromatic rings. The largest absolute Gasteiger partial charge is 0.362 e. The van der Waals surface area contributed by atoms with Crippen LogP contribution in [0.4, 0.5) is 5.69 Å². The Labute approximate surface area is 170 Å². The van der Waals surface area contributed by atoms with E-state index in [1.807, 2.05) is 31.2 Å². The molecule has 0 bridgehead atoms. The van der Waals surface area contributed by atoms with Crippen molar-refractivity contribution in [1.82, 2.24) is 9.47 Å². The van der Waals surface area contributed by atoms with Gasteiger partial charge in [-0.2, -0.15) is 0 Å². The number of hydrogen-bond acceptors (Lipinski definition) is 3. The van der Waals surface area contributed by atoms with Crippen LogP contribution in [-0.4, -0.2) is 41.2 Å². The number of likely N-dealkylation sites (tertiary alicyclic amines) is 1. The fourth-order valence-electron chi connectivity index (χ4n) is 4.42. The summed E-state index contributed by atoms with van der Waals surface area (Å²) in [7, 11) is 1.59. The Morgan fingerprint density at radius 2 is 1.93 bits per heavy atom. The molecule has 2 heterocycles. The van der Waals surface area contributed by atoms with Crippen molar-refractivity contribution >= 4 is 39.3 Å². The van der Waals surface area contributed by atoms with Gasteiger partial charge in [0.05, 0.1) is 5.92 Å². The van der Waals surface area contributed by atoms with Crippen molar-refractivity contribution in [3.05, 3.63) is 42.5 Å². The smallest absolute Gasteiger partial charge is 0.229 e. The van der Waals surface area contributed by atoms with E-state index >= 15 is 0 Å². The summed E-state index contributed by atoms with van der Waals surface area (Å²) in [5.41, 5.74) is 3.10. The van der Waals surface area contributed by atoms with Crippen LogP contribution in [0.5, 0.6) is 0 Å². The number of nitrogens with one attached hydrogen (secondary N) is 1. The van der Waals surface area contributed by atoms with Crippen LogP contribution in [0.1, 0.15) is 26.7 Å². The lowest BCUT2D eigenvalue weighted by Gasteiger charge is -2.25. The lowest BCUT2D eigenvalue weighted by molar-refractivity contribution is -0.138. The molecule has 0 radical (unpaired) electrons. The Kier molecular flexibility index (Phi) is 5.28. The molecule has 1 aromatic heterocycles. The van der Waals surface area contributed by atoms with E-state index in [2.05, 4.69) is 35.0 Å². The minimum absolute atomic E-state index is 0.0275. The molecule has 6 nitrogen and oxygen atoms in total. The number of methoxy groups -OCH3 is 1. The summed E-state index contributed by atoms with van der Waals surface area (Å²) in [5, 5.41) is 5.31. The highest BCUT2D eigenvalue weighted by Crippen LogP contribution is 2.31. The molecule has 1 aliphatic rings. The van der Waals surface area contributed by atoms with E-state index in [1.165, 1.54) is 10.9 Å². The number of aryl methyl sites for hydroxylation is 1. The number of fused-ring (bicyclic) bond motifs is 3. The highest BCUT2D eigenvalue weighted by Gasteiger charge is 2.37. The number of benzene rings is 2. The molecule has 1 saturated heterocycles. The average Bonchev–Trinajstić information content (AvgIpc) is 3.27. The van der Waals surface area contributed by atoms with E-state index in [0.29, 0.717) is 13.0 Å². The molecule has 2 aromatic carbocycles. The lowest BCUT2D eigenvalue weighted by Crippen LogP contribution is -2.38. The number of hydrogen-bond donors (Lipinski definition) is 1. The van der Waals surface area contributed by atoms with Crippen molar-refractivity contribution in [3.63, 3.8) is 0 Å². The Hall–Kier alpha value is -2.86. The second-order valence-corrected chi connectivity index (χ2v) is 7.53. The third-order valence-corrected chi connectivity index (χ3v) is 5.85. The molecule has 6 heteroatoms. The van der Waals surface area contributed by atoms with Gasteiger partial charge in [-0.15, -0.1) is 0 Å². The number of amides is 2. The average molecular weight is 393 g/mol. The van der Waals surface area contributed by atoms with Crippen molar-refractivity contribution in [3.8, 4) is 0 Å². The zero-order valence-corrected chi connectivity index (χ0v) is 17.1. The Morgan fingerprint density at radius 1 is 1.17 bits per heavy atom. The van der Waals surface area contributed by atoms with Crippen LogP contribution < -0.4 is 5.32 Å². The van der Waals surface area contributed by atoms with Gasteiger partial charge in [-0.25, -0.2) is 0 Å². The minimum atomic E-state index is -0.362. The van der Waals surface area contributed by atoms with Gasteiger partial charge in [-0.05, 0) is 37.6 Å². The Balaban J connectivity index is 1.58. The van der Waals surface area contributed by atoms with E-state index in [0.717, 1.165) is 23.1 Å². The predicted molar refractivity (Wildman–Crippen MR) is 115 cm³/mol. The van der Waals surface area contributed by atoms with Crippen LogP contribution in [0.3, 0.4) is 0 Å². The van der Waals surface area contributed by atoms with Crippen molar-refractivity contribution in [2.75, 3.05) is 19.0 Å². The molecule has 1 N–H and O–H groups in total. The molecule has 1 aliphatic heterocycles. The fourth-order valence-corrected chi connectivity index (χ4v) is 4.42. The van der Waals surface area contributed by atoms with Gasteiger partial charge in [0, 0.05) is 54.1 Å². The van der Waals surface area contributed by atoms with Crippen molar-refractivity contribution in [2.45, 2.75) is 39.5 Å². The van der Waals surface area contributed by atoms with E-state index in [-0.39, 0.29) is 30.4 Å². The molecule has 0 saturated carbocycles. The first kappa shape index (κ1) is 19.5. The van der Waals surface area contributed by atoms with Gasteiger partial charge in [-0.3, -0.25) is 9.59 Å². The maximum atomic E-state index is 12.8. The molecular weight excluding hydrogens is 366 g/mol. The topological polar surface area (TPSA) is 63.6 Å². The summed E-state index contributed by atoms with van der Waals surface area (Å²) in [5.74, 6) is -0.509. The monoisotopic (exact) mass is 393 g/mol. The molecule has 29 heavy (non-hydrogen) atoms. The number of ether oxygens (including phenoxy) is 1. The molecule has 4 rings (SSSR count). The molecular formula is C23H27N3O3. The zero-order chi connectivity index (χ0) is 20.5. The summed E-state index contributed by atoms with van der Waals surface area (Å²) in [6.45, 7) is 5.38. The molecule has 1 fully saturated rings. The molecule has 2 atom stereocenters. The number of para-hydroxylation sites is 1. The van der Waals surface area contributed by atoms with Gasteiger partial charge in [0.1, 0.15) is 6.23 Å². The van der Waals surface area contributed by atoms with Crippen molar-refractivity contribution in [2.24, 2.45) is 5.92 Å². The molecule has 2 unspecified atom stereocenters. The number of carbonyl (C=O) groups is 2. The molecule has 152 valence electrons. The normalized spacial score (nSPS) is 18.0. The van der Waals surface area contributed by atoms with Gasteiger partial charge in [0.15, 0.2) is 0 Å². The summed E-state index contributed by atoms with van der Waals surface area (Å²) >= 11 is 0. The van der Waals surface area contributed by atoms with Gasteiger partial charge in [0.25, 0.3) is 0 Å². The number of anilines is 1. The van der Waals surface area contributed by atoms with Gasteiger partial charge in [0.2, 0.25) is 11.8 Å². The molecule has 0 spiro atoms. The Bertz CT molecular complexity index is 1070. The highest BCUT2D eigenvalue weighted by atomic mass is 16.5. The summed E-state index contributed by atoms with van der Waals surface area (Å²) in [6.07, 6.45) is 0.662. The van der Waals surface area contributed by atoms with E-state index < -0.39 is 0 Å². The van der Waals surface area contributed by atoms with Crippen molar-refractivity contribution < 1.29 is 14.3 Å². The number of aromatic nitrogens is 1. The third kappa shape index (κ3) is 3.38. The first-order chi connectivity index (χ1) is 14.1. The maximum absolute atomic E-state index is 12.8. The van der Waals surface area contributed by atoms with E-state index in [4.69, 9.17) is 4.74 Å². The van der Waals surface area contributed by atoms with Crippen LogP contribution in [-0.2, 0) is 20.9 Å². The van der Waals surface area contributed by atoms with E-state index in [1.54, 1.807) is 12.0 Å². The third-order valence-electron chi connectivity index (χ3n) is 5.85. The highest BCUT2D eigenvalue weighted by molar-refractivity contribution is 6.10. The second-order valence-electron chi connectivity index (χ2n) is 7.53. The van der Waals surface area contributed by atoms with Crippen LogP contribution in [0.25, 0.3) is 21.8 Å². The van der Waals surface area contributed by atoms with Crippen LogP contribution >= 0.6 is 0 Å². The van der Waals surface area contributed by atoms with Gasteiger partial charge in [-0.1, -0.05) is 25.1 Å². The van der Waals surface area contributed by atoms with Gasteiger partial charge >= 0.3 is 0 Å². The van der Waals surface area contributed by atoms with E-state index in [9.17, 15) is 9.59 Å². The first-order valence-electron chi connectivity index (χ1n) is 10.2. The number of rotatable bonds is 6. The maximum Gasteiger partial charge on any atom is 0.229 e. The lowest BCUT2D eigenvalue weighted by atomic mass is 10.1. The summed E-state index contributed by atoms with van der Waals surface area (Å²) < 4.78 is 7.65. The first-order valence-corrected chi connectivity index (χ1v) is 10.2.